The summed E-state index contributed by atoms with van der Waals surface area (Å²) in [6.45, 7) is 1.74. The lowest BCUT2D eigenvalue weighted by molar-refractivity contribution is 0.567. The van der Waals surface area contributed by atoms with Crippen molar-refractivity contribution in [2.24, 2.45) is 0 Å². The molecule has 0 spiro atoms. The van der Waals surface area contributed by atoms with Gasteiger partial charge in [-0.1, -0.05) is 53.5 Å². The fraction of sp³-hybridized carbons (Fsp3) is 0.143. The number of nitrogen functional groups attached to an aromatic ring is 1. The third-order valence-electron chi connectivity index (χ3n) is 2.92. The number of hydrogen-bond acceptors (Lipinski definition) is 3. The summed E-state index contributed by atoms with van der Waals surface area (Å²) < 4.78 is 27.4. The molecule has 7 heteroatoms. The lowest BCUT2D eigenvalue weighted by Gasteiger charge is -2.16. The molecule has 1 atom stereocenters. The Balaban J connectivity index is 2.36. The van der Waals surface area contributed by atoms with E-state index in [0.29, 0.717) is 5.69 Å². The standard InChI is InChI=1S/C14H14Cl2N2O2S/c1-9(10-5-3-2-4-6-10)18-21(19,20)14-12(15)7-11(17)8-13(14)16/h2-9,18H,17H2,1H3. The third kappa shape index (κ3) is 3.68. The molecule has 0 bridgehead atoms. The number of anilines is 1. The minimum absolute atomic E-state index is 0.00670. The van der Waals surface area contributed by atoms with Crippen LogP contribution in [-0.2, 0) is 10.0 Å². The number of rotatable bonds is 4. The zero-order chi connectivity index (χ0) is 15.6. The molecular formula is C14H14Cl2N2O2S. The van der Waals surface area contributed by atoms with Gasteiger partial charge in [-0.15, -0.1) is 0 Å². The molecule has 3 N–H and O–H groups in total. The molecule has 2 rings (SSSR count). The molecule has 0 amide bonds. The van der Waals surface area contributed by atoms with Crippen molar-refractivity contribution in [2.75, 3.05) is 5.73 Å². The fourth-order valence-electron chi connectivity index (χ4n) is 1.94. The second kappa shape index (κ2) is 6.23. The number of halogens is 2. The Labute approximate surface area is 133 Å². The highest BCUT2D eigenvalue weighted by atomic mass is 35.5. The van der Waals surface area contributed by atoms with Gasteiger partial charge in [0.2, 0.25) is 10.0 Å². The molecule has 1 unspecified atom stereocenters. The minimum Gasteiger partial charge on any atom is -0.399 e. The Hall–Kier alpha value is -1.27. The van der Waals surface area contributed by atoms with E-state index in [1.165, 1.54) is 12.1 Å². The van der Waals surface area contributed by atoms with Crippen LogP contribution < -0.4 is 10.5 Å². The van der Waals surface area contributed by atoms with Crippen molar-refractivity contribution in [2.45, 2.75) is 17.9 Å². The van der Waals surface area contributed by atoms with Gasteiger partial charge in [-0.05, 0) is 24.6 Å². The molecule has 112 valence electrons. The van der Waals surface area contributed by atoms with E-state index in [-0.39, 0.29) is 14.9 Å². The van der Waals surface area contributed by atoms with E-state index in [9.17, 15) is 8.42 Å². The predicted octanol–water partition coefficient (Wildman–Crippen LogP) is 3.62. The molecule has 4 nitrogen and oxygen atoms in total. The maximum Gasteiger partial charge on any atom is 0.244 e. The van der Waals surface area contributed by atoms with E-state index in [2.05, 4.69) is 4.72 Å². The zero-order valence-corrected chi connectivity index (χ0v) is 13.5. The predicted molar refractivity (Wildman–Crippen MR) is 86.1 cm³/mol. The van der Waals surface area contributed by atoms with Crippen molar-refractivity contribution in [1.29, 1.82) is 0 Å². The van der Waals surface area contributed by atoms with Gasteiger partial charge in [0, 0.05) is 11.7 Å². The molecule has 0 heterocycles. The van der Waals surface area contributed by atoms with Crippen LogP contribution in [0.25, 0.3) is 0 Å². The van der Waals surface area contributed by atoms with Crippen molar-refractivity contribution in [1.82, 2.24) is 4.72 Å². The van der Waals surface area contributed by atoms with E-state index < -0.39 is 16.1 Å². The first-order chi connectivity index (χ1) is 9.81. The van der Waals surface area contributed by atoms with Gasteiger partial charge in [-0.3, -0.25) is 0 Å². The van der Waals surface area contributed by atoms with Crippen LogP contribution in [0.15, 0.2) is 47.4 Å². The van der Waals surface area contributed by atoms with Crippen LogP contribution in [0.2, 0.25) is 10.0 Å². The molecule has 0 saturated carbocycles. The SMILES string of the molecule is CC(NS(=O)(=O)c1c(Cl)cc(N)cc1Cl)c1ccccc1. The number of nitrogens with two attached hydrogens (primary N) is 1. The van der Waals surface area contributed by atoms with Crippen molar-refractivity contribution in [3.8, 4) is 0 Å². The van der Waals surface area contributed by atoms with Crippen LogP contribution in [0, 0.1) is 0 Å². The Kier molecular flexibility index (Phi) is 4.78. The molecule has 0 aromatic heterocycles. The molecular weight excluding hydrogens is 331 g/mol. The summed E-state index contributed by atoms with van der Waals surface area (Å²) >= 11 is 11.9. The van der Waals surface area contributed by atoms with Gasteiger partial charge < -0.3 is 5.73 Å². The molecule has 0 radical (unpaired) electrons. The molecule has 21 heavy (non-hydrogen) atoms. The van der Waals surface area contributed by atoms with Gasteiger partial charge in [0.05, 0.1) is 10.0 Å². The van der Waals surface area contributed by atoms with Gasteiger partial charge in [-0.2, -0.15) is 0 Å². The molecule has 0 aliphatic heterocycles. The summed E-state index contributed by atoms with van der Waals surface area (Å²) in [7, 11) is -3.86. The fourth-order valence-corrected chi connectivity index (χ4v) is 4.40. The van der Waals surface area contributed by atoms with E-state index in [1.807, 2.05) is 30.3 Å². The summed E-state index contributed by atoms with van der Waals surface area (Å²) in [4.78, 5) is -0.164. The van der Waals surface area contributed by atoms with Crippen LogP contribution >= 0.6 is 23.2 Å². The normalized spacial score (nSPS) is 13.1. The monoisotopic (exact) mass is 344 g/mol. The first-order valence-corrected chi connectivity index (χ1v) is 8.37. The van der Waals surface area contributed by atoms with Gasteiger partial charge in [0.15, 0.2) is 0 Å². The van der Waals surface area contributed by atoms with Gasteiger partial charge in [0.1, 0.15) is 4.90 Å². The summed E-state index contributed by atoms with van der Waals surface area (Å²) in [6.07, 6.45) is 0. The van der Waals surface area contributed by atoms with E-state index >= 15 is 0 Å². The Morgan fingerprint density at radius 3 is 2.14 bits per heavy atom. The number of nitrogens with one attached hydrogen (secondary N) is 1. The topological polar surface area (TPSA) is 72.2 Å². The maximum absolute atomic E-state index is 12.4. The average molecular weight is 345 g/mol. The first kappa shape index (κ1) is 16.1. The molecule has 0 saturated heterocycles. The largest absolute Gasteiger partial charge is 0.399 e. The third-order valence-corrected chi connectivity index (χ3v) is 5.38. The van der Waals surface area contributed by atoms with Crippen molar-refractivity contribution < 1.29 is 8.42 Å². The highest BCUT2D eigenvalue weighted by Crippen LogP contribution is 2.32. The highest BCUT2D eigenvalue weighted by Gasteiger charge is 2.24. The number of benzene rings is 2. The van der Waals surface area contributed by atoms with Crippen LogP contribution in [0.1, 0.15) is 18.5 Å². The molecule has 0 aliphatic carbocycles. The van der Waals surface area contributed by atoms with Gasteiger partial charge >= 0.3 is 0 Å². The molecule has 0 aliphatic rings. The Morgan fingerprint density at radius 2 is 1.62 bits per heavy atom. The van der Waals surface area contributed by atoms with E-state index in [0.717, 1.165) is 5.56 Å². The Morgan fingerprint density at radius 1 is 1.10 bits per heavy atom. The summed E-state index contributed by atoms with van der Waals surface area (Å²) in [5.74, 6) is 0. The van der Waals surface area contributed by atoms with Crippen LogP contribution in [-0.4, -0.2) is 8.42 Å². The van der Waals surface area contributed by atoms with E-state index in [1.54, 1.807) is 6.92 Å². The lowest BCUT2D eigenvalue weighted by Crippen LogP contribution is -2.27. The second-order valence-corrected chi connectivity index (χ2v) is 7.03. The molecule has 2 aromatic carbocycles. The number of sulfonamides is 1. The first-order valence-electron chi connectivity index (χ1n) is 6.13. The highest BCUT2D eigenvalue weighted by molar-refractivity contribution is 7.89. The lowest BCUT2D eigenvalue weighted by atomic mass is 10.1. The van der Waals surface area contributed by atoms with Crippen molar-refractivity contribution in [3.05, 3.63) is 58.1 Å². The van der Waals surface area contributed by atoms with Crippen molar-refractivity contribution in [3.63, 3.8) is 0 Å². The van der Waals surface area contributed by atoms with Crippen molar-refractivity contribution >= 4 is 38.9 Å². The van der Waals surface area contributed by atoms with E-state index in [4.69, 9.17) is 28.9 Å². The molecule has 0 fully saturated rings. The van der Waals surface area contributed by atoms with Gasteiger partial charge in [0.25, 0.3) is 0 Å². The van der Waals surface area contributed by atoms with Crippen LogP contribution in [0.3, 0.4) is 0 Å². The molecule has 2 aromatic rings. The average Bonchev–Trinajstić information content (AvgIpc) is 2.37. The maximum atomic E-state index is 12.4. The smallest absolute Gasteiger partial charge is 0.244 e. The summed E-state index contributed by atoms with van der Waals surface area (Å²) in [5, 5.41) is -0.0134. The Bertz CT molecular complexity index is 726. The second-order valence-electron chi connectivity index (χ2n) is 4.57. The summed E-state index contributed by atoms with van der Waals surface area (Å²) in [6, 6.07) is 11.5. The van der Waals surface area contributed by atoms with Crippen LogP contribution in [0.4, 0.5) is 5.69 Å². The van der Waals surface area contributed by atoms with Gasteiger partial charge in [-0.25, -0.2) is 13.1 Å². The quantitative estimate of drug-likeness (QED) is 0.832. The summed E-state index contributed by atoms with van der Waals surface area (Å²) in [5.41, 5.74) is 6.72. The number of hydrogen-bond donors (Lipinski definition) is 2. The van der Waals surface area contributed by atoms with Crippen LogP contribution in [0.5, 0.6) is 0 Å². The minimum atomic E-state index is -3.86. The zero-order valence-electron chi connectivity index (χ0n) is 11.2.